The SMILES string of the molecule is COCCNC(=O)CCNc1c([N+](=O)[O-])c(C)nn1C. The second kappa shape index (κ2) is 7.43. The minimum Gasteiger partial charge on any atom is -0.383 e. The highest BCUT2D eigenvalue weighted by molar-refractivity contribution is 5.76. The zero-order valence-corrected chi connectivity index (χ0v) is 11.8. The van der Waals surface area contributed by atoms with Crippen molar-refractivity contribution in [3.8, 4) is 0 Å². The number of nitrogens with zero attached hydrogens (tertiary/aromatic N) is 3. The van der Waals surface area contributed by atoms with Gasteiger partial charge in [-0.1, -0.05) is 0 Å². The molecule has 1 rings (SSSR count). The number of methoxy groups -OCH3 is 1. The average Bonchev–Trinajstić information content (AvgIpc) is 2.64. The van der Waals surface area contributed by atoms with Crippen molar-refractivity contribution < 1.29 is 14.5 Å². The van der Waals surface area contributed by atoms with Crippen molar-refractivity contribution in [2.24, 2.45) is 7.05 Å². The Morgan fingerprint density at radius 3 is 2.80 bits per heavy atom. The van der Waals surface area contributed by atoms with Crippen molar-refractivity contribution in [3.05, 3.63) is 15.8 Å². The summed E-state index contributed by atoms with van der Waals surface area (Å²) >= 11 is 0. The van der Waals surface area contributed by atoms with Crippen LogP contribution in [0.15, 0.2) is 0 Å². The van der Waals surface area contributed by atoms with Gasteiger partial charge in [-0.25, -0.2) is 4.68 Å². The average molecular weight is 285 g/mol. The Kier molecular flexibility index (Phi) is 5.91. The van der Waals surface area contributed by atoms with E-state index in [0.29, 0.717) is 31.2 Å². The summed E-state index contributed by atoms with van der Waals surface area (Å²) in [4.78, 5) is 21.9. The van der Waals surface area contributed by atoms with E-state index in [1.165, 1.54) is 4.68 Å². The molecule has 1 amide bonds. The second-order valence-corrected chi connectivity index (χ2v) is 4.18. The lowest BCUT2D eigenvalue weighted by molar-refractivity contribution is -0.384. The molecule has 9 heteroatoms. The lowest BCUT2D eigenvalue weighted by Crippen LogP contribution is -2.28. The van der Waals surface area contributed by atoms with Gasteiger partial charge in [0.1, 0.15) is 5.69 Å². The van der Waals surface area contributed by atoms with Crippen LogP contribution in [0.25, 0.3) is 0 Å². The maximum absolute atomic E-state index is 11.5. The topological polar surface area (TPSA) is 111 Å². The lowest BCUT2D eigenvalue weighted by atomic mass is 10.3. The summed E-state index contributed by atoms with van der Waals surface area (Å²) in [6, 6.07) is 0. The number of amides is 1. The number of nitro groups is 1. The Morgan fingerprint density at radius 2 is 2.20 bits per heavy atom. The van der Waals surface area contributed by atoms with E-state index in [0.717, 1.165) is 0 Å². The summed E-state index contributed by atoms with van der Waals surface area (Å²) in [5, 5.41) is 20.5. The van der Waals surface area contributed by atoms with Crippen LogP contribution < -0.4 is 10.6 Å². The van der Waals surface area contributed by atoms with Crippen molar-refractivity contribution in [3.63, 3.8) is 0 Å². The van der Waals surface area contributed by atoms with E-state index in [1.54, 1.807) is 21.1 Å². The van der Waals surface area contributed by atoms with Crippen molar-refractivity contribution in [1.82, 2.24) is 15.1 Å². The van der Waals surface area contributed by atoms with Gasteiger partial charge in [-0.3, -0.25) is 14.9 Å². The fraction of sp³-hybridized carbons (Fsp3) is 0.636. The summed E-state index contributed by atoms with van der Waals surface area (Å²) in [6.45, 7) is 2.76. The first-order valence-electron chi connectivity index (χ1n) is 6.14. The Morgan fingerprint density at radius 1 is 1.50 bits per heavy atom. The molecule has 2 N–H and O–H groups in total. The standard InChI is InChI=1S/C11H19N5O4/c1-8-10(16(18)19)11(15(2)14-8)13-5-4-9(17)12-6-7-20-3/h13H,4-7H2,1-3H3,(H,12,17). The van der Waals surface area contributed by atoms with Crippen LogP contribution in [-0.2, 0) is 16.6 Å². The molecule has 0 aromatic carbocycles. The Labute approximate surface area is 116 Å². The van der Waals surface area contributed by atoms with E-state index in [4.69, 9.17) is 4.74 Å². The molecule has 0 atom stereocenters. The quantitative estimate of drug-likeness (QED) is 0.401. The monoisotopic (exact) mass is 285 g/mol. The molecule has 1 heterocycles. The van der Waals surface area contributed by atoms with Gasteiger partial charge in [-0.15, -0.1) is 0 Å². The number of hydrogen-bond acceptors (Lipinski definition) is 6. The van der Waals surface area contributed by atoms with Crippen LogP contribution in [0.5, 0.6) is 0 Å². The maximum Gasteiger partial charge on any atom is 0.333 e. The van der Waals surface area contributed by atoms with Gasteiger partial charge in [0.25, 0.3) is 0 Å². The number of aryl methyl sites for hydroxylation is 2. The van der Waals surface area contributed by atoms with Gasteiger partial charge >= 0.3 is 5.69 Å². The highest BCUT2D eigenvalue weighted by atomic mass is 16.6. The smallest absolute Gasteiger partial charge is 0.333 e. The lowest BCUT2D eigenvalue weighted by Gasteiger charge is -2.07. The van der Waals surface area contributed by atoms with Crippen LogP contribution in [0, 0.1) is 17.0 Å². The first-order valence-corrected chi connectivity index (χ1v) is 6.14. The number of carbonyl (C=O) groups excluding carboxylic acids is 1. The van der Waals surface area contributed by atoms with Crippen LogP contribution in [0.3, 0.4) is 0 Å². The Bertz CT molecular complexity index is 485. The number of nitrogens with one attached hydrogen (secondary N) is 2. The summed E-state index contributed by atoms with van der Waals surface area (Å²) in [5.74, 6) is 0.160. The third-order valence-electron chi connectivity index (χ3n) is 2.65. The molecular formula is C11H19N5O4. The summed E-state index contributed by atoms with van der Waals surface area (Å²) in [6.07, 6.45) is 0.213. The number of anilines is 1. The van der Waals surface area contributed by atoms with Crippen molar-refractivity contribution in [2.45, 2.75) is 13.3 Å². The third-order valence-corrected chi connectivity index (χ3v) is 2.65. The second-order valence-electron chi connectivity index (χ2n) is 4.18. The molecule has 0 unspecified atom stereocenters. The molecule has 0 saturated heterocycles. The minimum atomic E-state index is -0.483. The van der Waals surface area contributed by atoms with Gasteiger partial charge in [-0.05, 0) is 6.92 Å². The molecule has 0 aliphatic heterocycles. The van der Waals surface area contributed by atoms with E-state index in [1.807, 2.05) is 0 Å². The van der Waals surface area contributed by atoms with Crippen LogP contribution in [-0.4, -0.2) is 47.4 Å². The first kappa shape index (κ1) is 15.9. The van der Waals surface area contributed by atoms with Gasteiger partial charge in [0.05, 0.1) is 11.5 Å². The van der Waals surface area contributed by atoms with Crippen LogP contribution in [0.1, 0.15) is 12.1 Å². The zero-order chi connectivity index (χ0) is 15.1. The van der Waals surface area contributed by atoms with Gasteiger partial charge in [-0.2, -0.15) is 5.10 Å². The molecule has 0 spiro atoms. The molecule has 1 aromatic rings. The van der Waals surface area contributed by atoms with Crippen LogP contribution >= 0.6 is 0 Å². The molecule has 0 saturated carbocycles. The van der Waals surface area contributed by atoms with Gasteiger partial charge in [0, 0.05) is 33.7 Å². The normalized spacial score (nSPS) is 10.3. The number of ether oxygens (including phenoxy) is 1. The highest BCUT2D eigenvalue weighted by Gasteiger charge is 2.23. The van der Waals surface area contributed by atoms with Crippen LogP contribution in [0.4, 0.5) is 11.5 Å². The molecule has 1 aromatic heterocycles. The van der Waals surface area contributed by atoms with E-state index in [-0.39, 0.29) is 18.0 Å². The molecular weight excluding hydrogens is 266 g/mol. The number of aromatic nitrogens is 2. The predicted molar refractivity (Wildman–Crippen MR) is 72.6 cm³/mol. The molecule has 0 bridgehead atoms. The van der Waals surface area contributed by atoms with E-state index in [9.17, 15) is 14.9 Å². The number of hydrogen-bond donors (Lipinski definition) is 2. The minimum absolute atomic E-state index is 0.0627. The summed E-state index contributed by atoms with van der Waals surface area (Å²) < 4.78 is 6.21. The van der Waals surface area contributed by atoms with Gasteiger partial charge < -0.3 is 15.4 Å². The van der Waals surface area contributed by atoms with Crippen molar-refractivity contribution >= 4 is 17.4 Å². The Balaban J connectivity index is 2.50. The zero-order valence-electron chi connectivity index (χ0n) is 11.8. The summed E-state index contributed by atoms with van der Waals surface area (Å²) in [7, 11) is 3.17. The Hall–Kier alpha value is -2.16. The molecule has 0 aliphatic rings. The fourth-order valence-electron chi connectivity index (χ4n) is 1.74. The fourth-order valence-corrected chi connectivity index (χ4v) is 1.74. The van der Waals surface area contributed by atoms with E-state index >= 15 is 0 Å². The van der Waals surface area contributed by atoms with Gasteiger partial charge in [0.2, 0.25) is 11.7 Å². The van der Waals surface area contributed by atoms with E-state index in [2.05, 4.69) is 15.7 Å². The number of rotatable bonds is 8. The summed E-state index contributed by atoms with van der Waals surface area (Å²) in [5.41, 5.74) is 0.275. The molecule has 20 heavy (non-hydrogen) atoms. The maximum atomic E-state index is 11.5. The highest BCUT2D eigenvalue weighted by Crippen LogP contribution is 2.26. The number of carbonyl (C=O) groups is 1. The van der Waals surface area contributed by atoms with Gasteiger partial charge in [0.15, 0.2) is 0 Å². The van der Waals surface area contributed by atoms with Crippen LogP contribution in [0.2, 0.25) is 0 Å². The van der Waals surface area contributed by atoms with E-state index < -0.39 is 4.92 Å². The van der Waals surface area contributed by atoms with Crippen molar-refractivity contribution in [1.29, 1.82) is 0 Å². The predicted octanol–water partition coefficient (Wildman–Crippen LogP) is 0.201. The third kappa shape index (κ3) is 4.19. The van der Waals surface area contributed by atoms with Crippen molar-refractivity contribution in [2.75, 3.05) is 32.1 Å². The molecule has 0 radical (unpaired) electrons. The molecule has 9 nitrogen and oxygen atoms in total. The largest absolute Gasteiger partial charge is 0.383 e. The molecule has 112 valence electrons. The molecule has 0 fully saturated rings. The molecule has 0 aliphatic carbocycles. The first-order chi connectivity index (χ1) is 9.47.